The number of methoxy groups -OCH3 is 1. The summed E-state index contributed by atoms with van der Waals surface area (Å²) in [6, 6.07) is 11.5. The van der Waals surface area contributed by atoms with Crippen molar-refractivity contribution < 1.29 is 19.3 Å². The summed E-state index contributed by atoms with van der Waals surface area (Å²) in [5, 5.41) is 2.96. The van der Waals surface area contributed by atoms with Crippen LogP contribution in [0.15, 0.2) is 36.4 Å². The Morgan fingerprint density at radius 1 is 1.12 bits per heavy atom. The fourth-order valence-electron chi connectivity index (χ4n) is 3.11. The second kappa shape index (κ2) is 8.67. The van der Waals surface area contributed by atoms with Gasteiger partial charge in [0.05, 0.1) is 16.3 Å². The van der Waals surface area contributed by atoms with E-state index in [1.807, 2.05) is 30.3 Å². The molecule has 0 bridgehead atoms. The Balaban J connectivity index is 1.41. The molecule has 5 nitrogen and oxygen atoms in total. The van der Waals surface area contributed by atoms with E-state index >= 15 is 0 Å². The van der Waals surface area contributed by atoms with Crippen LogP contribution in [0, 0.1) is 0 Å². The number of benzene rings is 1. The highest BCUT2D eigenvalue weighted by molar-refractivity contribution is 7.16. The van der Waals surface area contributed by atoms with Gasteiger partial charge < -0.3 is 19.9 Å². The number of nitrogens with one attached hydrogen (secondary N) is 3. The molecule has 1 saturated heterocycles. The third kappa shape index (κ3) is 5.44. The van der Waals surface area contributed by atoms with Crippen molar-refractivity contribution in [1.82, 2.24) is 0 Å². The van der Waals surface area contributed by atoms with Crippen LogP contribution in [-0.4, -0.2) is 45.7 Å². The van der Waals surface area contributed by atoms with E-state index in [9.17, 15) is 4.79 Å². The molecule has 0 spiro atoms. The molecule has 1 aromatic heterocycles. The van der Waals surface area contributed by atoms with Gasteiger partial charge in [0, 0.05) is 5.69 Å². The molecule has 2 aromatic rings. The van der Waals surface area contributed by atoms with Crippen molar-refractivity contribution in [3.05, 3.63) is 45.6 Å². The Labute approximate surface area is 157 Å². The summed E-state index contributed by atoms with van der Waals surface area (Å²) in [6.45, 7) is 5.75. The Morgan fingerprint density at radius 3 is 2.40 bits per heavy atom. The Bertz CT molecular complexity index is 697. The first-order valence-electron chi connectivity index (χ1n) is 8.47. The first kappa shape index (κ1) is 18.2. The fourth-order valence-corrected chi connectivity index (χ4v) is 4.27. The van der Waals surface area contributed by atoms with Crippen molar-refractivity contribution in [2.45, 2.75) is 6.54 Å². The Hall–Kier alpha value is -1.60. The zero-order valence-electron chi connectivity index (χ0n) is 14.3. The highest BCUT2D eigenvalue weighted by Gasteiger charge is 2.25. The number of hydrogen-bond donors (Lipinski definition) is 3. The van der Waals surface area contributed by atoms with Gasteiger partial charge in [-0.3, -0.25) is 4.79 Å². The molecule has 25 heavy (non-hydrogen) atoms. The van der Waals surface area contributed by atoms with E-state index in [4.69, 9.17) is 16.3 Å². The molecule has 2 heterocycles. The minimum Gasteiger partial charge on any atom is -0.497 e. The Kier molecular flexibility index (Phi) is 6.31. The van der Waals surface area contributed by atoms with Crippen LogP contribution in [-0.2, 0) is 11.3 Å². The number of halogens is 1. The van der Waals surface area contributed by atoms with Crippen LogP contribution in [0.25, 0.3) is 0 Å². The third-order valence-electron chi connectivity index (χ3n) is 4.50. The number of carbonyl (C=O) groups is 1. The quantitative estimate of drug-likeness (QED) is 0.675. The molecule has 1 fully saturated rings. The third-order valence-corrected chi connectivity index (χ3v) is 5.73. The number of ether oxygens (including phenoxy) is 1. The monoisotopic (exact) mass is 381 g/mol. The summed E-state index contributed by atoms with van der Waals surface area (Å²) in [4.78, 5) is 16.5. The second-order valence-electron chi connectivity index (χ2n) is 6.34. The van der Waals surface area contributed by atoms with Gasteiger partial charge >= 0.3 is 0 Å². The minimum atomic E-state index is 0.0636. The molecule has 1 aliphatic rings. The van der Waals surface area contributed by atoms with Crippen molar-refractivity contribution in [3.8, 4) is 5.75 Å². The topological polar surface area (TPSA) is 47.2 Å². The smallest absolute Gasteiger partial charge is 0.279 e. The van der Waals surface area contributed by atoms with E-state index in [1.165, 1.54) is 9.78 Å². The summed E-state index contributed by atoms with van der Waals surface area (Å²) in [6.07, 6.45) is 0. The molecule has 3 N–H and O–H groups in total. The molecular formula is C18H24ClN3O2S+2. The molecule has 0 unspecified atom stereocenters. The van der Waals surface area contributed by atoms with E-state index in [-0.39, 0.29) is 5.91 Å². The van der Waals surface area contributed by atoms with E-state index < -0.39 is 0 Å². The van der Waals surface area contributed by atoms with Gasteiger partial charge in [-0.05, 0) is 36.4 Å². The summed E-state index contributed by atoms with van der Waals surface area (Å²) < 4.78 is 5.98. The average Bonchev–Trinajstić information content (AvgIpc) is 3.02. The SMILES string of the molecule is COc1ccc(NC(=O)C[NH+]2CC[NH+](Cc3ccc(Cl)s3)CC2)cc1. The summed E-state index contributed by atoms with van der Waals surface area (Å²) in [7, 11) is 1.63. The number of quaternary nitrogens is 2. The average molecular weight is 382 g/mol. The predicted molar refractivity (Wildman–Crippen MR) is 101 cm³/mol. The lowest BCUT2D eigenvalue weighted by Gasteiger charge is -2.29. The van der Waals surface area contributed by atoms with Crippen molar-refractivity contribution in [2.75, 3.05) is 45.2 Å². The lowest BCUT2D eigenvalue weighted by Crippen LogP contribution is -3.28. The number of hydrogen-bond acceptors (Lipinski definition) is 3. The van der Waals surface area contributed by atoms with E-state index in [0.29, 0.717) is 6.54 Å². The molecule has 0 aliphatic carbocycles. The molecule has 1 aliphatic heterocycles. The van der Waals surface area contributed by atoms with Gasteiger partial charge in [0.25, 0.3) is 5.91 Å². The van der Waals surface area contributed by atoms with Crippen LogP contribution >= 0.6 is 22.9 Å². The number of anilines is 1. The minimum absolute atomic E-state index is 0.0636. The summed E-state index contributed by atoms with van der Waals surface area (Å²) in [5.41, 5.74) is 0.809. The molecule has 0 atom stereocenters. The van der Waals surface area contributed by atoms with Crippen molar-refractivity contribution in [2.24, 2.45) is 0 Å². The first-order valence-corrected chi connectivity index (χ1v) is 9.67. The number of amides is 1. The van der Waals surface area contributed by atoms with Crippen molar-refractivity contribution in [1.29, 1.82) is 0 Å². The lowest BCUT2D eigenvalue weighted by atomic mass is 10.2. The van der Waals surface area contributed by atoms with Crippen LogP contribution in [0.1, 0.15) is 4.88 Å². The molecule has 134 valence electrons. The maximum absolute atomic E-state index is 12.2. The van der Waals surface area contributed by atoms with Crippen molar-refractivity contribution >= 4 is 34.5 Å². The maximum Gasteiger partial charge on any atom is 0.279 e. The van der Waals surface area contributed by atoms with Crippen LogP contribution < -0.4 is 19.9 Å². The van der Waals surface area contributed by atoms with Crippen LogP contribution in [0.2, 0.25) is 4.34 Å². The van der Waals surface area contributed by atoms with Gasteiger partial charge in [0.2, 0.25) is 0 Å². The number of piperazine rings is 1. The molecule has 1 amide bonds. The van der Waals surface area contributed by atoms with Gasteiger partial charge in [-0.25, -0.2) is 0 Å². The molecule has 1 aromatic carbocycles. The van der Waals surface area contributed by atoms with E-state index in [1.54, 1.807) is 23.3 Å². The maximum atomic E-state index is 12.2. The van der Waals surface area contributed by atoms with Crippen LogP contribution in [0.5, 0.6) is 5.75 Å². The molecule has 7 heteroatoms. The standard InChI is InChI=1S/C18H22ClN3O2S/c1-24-15-4-2-14(3-5-15)20-18(23)13-22-10-8-21(9-11-22)12-16-6-7-17(19)25-16/h2-7H,8-13H2,1H3,(H,20,23)/p+2. The van der Waals surface area contributed by atoms with Crippen LogP contribution in [0.4, 0.5) is 5.69 Å². The van der Waals surface area contributed by atoms with Gasteiger partial charge in [0.1, 0.15) is 38.5 Å². The zero-order valence-corrected chi connectivity index (χ0v) is 15.9. The fraction of sp³-hybridized carbons (Fsp3) is 0.389. The van der Waals surface area contributed by atoms with Gasteiger partial charge in [-0.15, -0.1) is 11.3 Å². The second-order valence-corrected chi connectivity index (χ2v) is 8.14. The lowest BCUT2D eigenvalue weighted by molar-refractivity contribution is -1.01. The molecule has 0 saturated carbocycles. The predicted octanol–water partition coefficient (Wildman–Crippen LogP) is 0.332. The van der Waals surface area contributed by atoms with Crippen molar-refractivity contribution in [3.63, 3.8) is 0 Å². The molecule has 3 rings (SSSR count). The number of thiophene rings is 1. The Morgan fingerprint density at radius 2 is 1.80 bits per heavy atom. The van der Waals surface area contributed by atoms with Gasteiger partial charge in [-0.2, -0.15) is 0 Å². The normalized spacial score (nSPS) is 20.2. The highest BCUT2D eigenvalue weighted by Crippen LogP contribution is 2.20. The largest absolute Gasteiger partial charge is 0.497 e. The molecule has 0 radical (unpaired) electrons. The van der Waals surface area contributed by atoms with E-state index in [2.05, 4.69) is 11.4 Å². The first-order chi connectivity index (χ1) is 12.1. The van der Waals surface area contributed by atoms with Gasteiger partial charge in [-0.1, -0.05) is 11.6 Å². The summed E-state index contributed by atoms with van der Waals surface area (Å²) >= 11 is 7.66. The number of rotatable bonds is 6. The summed E-state index contributed by atoms with van der Waals surface area (Å²) in [5.74, 6) is 0.850. The van der Waals surface area contributed by atoms with Gasteiger partial charge in [0.15, 0.2) is 6.54 Å². The zero-order chi connectivity index (χ0) is 17.6. The van der Waals surface area contributed by atoms with E-state index in [0.717, 1.165) is 48.5 Å². The molecular weight excluding hydrogens is 358 g/mol. The number of carbonyl (C=O) groups excluding carboxylic acids is 1. The van der Waals surface area contributed by atoms with Crippen LogP contribution in [0.3, 0.4) is 0 Å². The highest BCUT2D eigenvalue weighted by atomic mass is 35.5.